The lowest BCUT2D eigenvalue weighted by Crippen LogP contribution is -2.56. The van der Waals surface area contributed by atoms with Crippen molar-refractivity contribution in [2.75, 3.05) is 11.9 Å². The van der Waals surface area contributed by atoms with Gasteiger partial charge in [-0.25, -0.2) is 0 Å². The number of allylic oxidation sites excluding steroid dienone is 1. The first-order valence-electron chi connectivity index (χ1n) is 14.2. The number of amides is 3. The molecule has 1 aromatic carbocycles. The lowest BCUT2D eigenvalue weighted by molar-refractivity contribution is -0.141. The molecular weight excluding hydrogens is 502 g/mol. The third kappa shape index (κ3) is 4.58. The van der Waals surface area contributed by atoms with Crippen LogP contribution in [0.1, 0.15) is 64.2 Å². The first-order valence-corrected chi connectivity index (χ1v) is 14.6. The fourth-order valence-electron chi connectivity index (χ4n) is 7.19. The molecule has 38 heavy (non-hydrogen) atoms. The van der Waals surface area contributed by atoms with Crippen molar-refractivity contribution in [1.82, 2.24) is 10.2 Å². The first-order chi connectivity index (χ1) is 18.5. The average Bonchev–Trinajstić information content (AvgIpc) is 3.57. The van der Waals surface area contributed by atoms with Gasteiger partial charge in [0.2, 0.25) is 17.7 Å². The van der Waals surface area contributed by atoms with Crippen LogP contribution >= 0.6 is 11.6 Å². The third-order valence-electron chi connectivity index (χ3n) is 9.05. The molecule has 202 valence electrons. The lowest BCUT2D eigenvalue weighted by atomic mass is 9.74. The van der Waals surface area contributed by atoms with Crippen LogP contribution < -0.4 is 10.6 Å². The number of hydrogen-bond acceptors (Lipinski definition) is 4. The van der Waals surface area contributed by atoms with Gasteiger partial charge in [0, 0.05) is 23.3 Å². The van der Waals surface area contributed by atoms with E-state index in [-0.39, 0.29) is 23.8 Å². The molecule has 1 spiro atoms. The Balaban J connectivity index is 1.27. The largest absolute Gasteiger partial charge is 0.359 e. The van der Waals surface area contributed by atoms with Gasteiger partial charge in [-0.05, 0) is 69.2 Å². The molecule has 3 amide bonds. The minimum absolute atomic E-state index is 0.122. The molecule has 2 aliphatic carbocycles. The van der Waals surface area contributed by atoms with E-state index in [1.165, 1.54) is 24.8 Å². The number of nitrogens with one attached hydrogen (secondary N) is 2. The van der Waals surface area contributed by atoms with E-state index in [0.29, 0.717) is 17.3 Å². The van der Waals surface area contributed by atoms with Crippen molar-refractivity contribution in [3.63, 3.8) is 0 Å². The van der Waals surface area contributed by atoms with Crippen molar-refractivity contribution >= 4 is 35.0 Å². The Morgan fingerprint density at radius 2 is 1.84 bits per heavy atom. The molecule has 2 saturated heterocycles. The molecule has 0 radical (unpaired) electrons. The topological polar surface area (TPSA) is 87.7 Å². The van der Waals surface area contributed by atoms with E-state index in [4.69, 9.17) is 16.3 Å². The van der Waals surface area contributed by atoms with E-state index >= 15 is 0 Å². The highest BCUT2D eigenvalue weighted by atomic mass is 35.5. The molecule has 3 fully saturated rings. The molecule has 8 heteroatoms. The summed E-state index contributed by atoms with van der Waals surface area (Å²) < 4.78 is 6.46. The zero-order valence-electron chi connectivity index (χ0n) is 21.7. The van der Waals surface area contributed by atoms with Gasteiger partial charge in [-0.15, -0.1) is 0 Å². The molecule has 1 saturated carbocycles. The van der Waals surface area contributed by atoms with Gasteiger partial charge in [0.05, 0.1) is 17.9 Å². The van der Waals surface area contributed by atoms with Crippen LogP contribution in [-0.4, -0.2) is 53.0 Å². The summed E-state index contributed by atoms with van der Waals surface area (Å²) in [6.07, 6.45) is 16.0. The van der Waals surface area contributed by atoms with E-state index in [0.717, 1.165) is 44.9 Å². The van der Waals surface area contributed by atoms with Gasteiger partial charge in [-0.2, -0.15) is 0 Å². The first kappa shape index (κ1) is 25.6. The van der Waals surface area contributed by atoms with Crippen LogP contribution in [0.4, 0.5) is 5.69 Å². The molecule has 0 aromatic heterocycles. The van der Waals surface area contributed by atoms with Crippen molar-refractivity contribution in [2.24, 2.45) is 11.8 Å². The Bertz CT molecular complexity index is 1160. The Morgan fingerprint density at radius 3 is 2.58 bits per heavy atom. The minimum Gasteiger partial charge on any atom is -0.359 e. The summed E-state index contributed by atoms with van der Waals surface area (Å²) in [5.74, 6) is -2.02. The number of nitrogens with zero attached hydrogens (tertiary/aromatic N) is 1. The van der Waals surface area contributed by atoms with Crippen LogP contribution in [0.2, 0.25) is 5.02 Å². The fourth-order valence-corrected chi connectivity index (χ4v) is 7.32. The number of halogens is 1. The van der Waals surface area contributed by atoms with Gasteiger partial charge >= 0.3 is 0 Å². The van der Waals surface area contributed by atoms with Crippen LogP contribution in [0, 0.1) is 11.8 Å². The SMILES string of the molecule is O=C(Nc1ccc(Cl)cc1)C1C2C=CC3(O2)C1C(=O)N(CCC1=CCCCC1)C3C(=O)NC1CCCCC1. The van der Waals surface area contributed by atoms with Gasteiger partial charge in [0.15, 0.2) is 0 Å². The summed E-state index contributed by atoms with van der Waals surface area (Å²) in [6, 6.07) is 6.24. The molecule has 5 atom stereocenters. The van der Waals surface area contributed by atoms with Crippen molar-refractivity contribution < 1.29 is 19.1 Å². The molecule has 2 bridgehead atoms. The molecule has 6 rings (SSSR count). The van der Waals surface area contributed by atoms with Gasteiger partial charge in [-0.1, -0.05) is 54.7 Å². The second-order valence-corrected chi connectivity index (χ2v) is 11.9. The van der Waals surface area contributed by atoms with Crippen LogP contribution in [0.15, 0.2) is 48.1 Å². The number of hydrogen-bond donors (Lipinski definition) is 2. The van der Waals surface area contributed by atoms with Gasteiger partial charge in [0.25, 0.3) is 0 Å². The zero-order valence-corrected chi connectivity index (χ0v) is 22.4. The van der Waals surface area contributed by atoms with E-state index in [1.807, 2.05) is 12.2 Å². The number of carbonyl (C=O) groups is 3. The smallest absolute Gasteiger partial charge is 0.246 e. The van der Waals surface area contributed by atoms with Gasteiger partial charge in [-0.3, -0.25) is 14.4 Å². The standard InChI is InChI=1S/C30H36ClN3O4/c31-20-11-13-22(14-12-20)32-27(35)24-23-15-17-30(38-23)25(24)29(37)34(18-16-19-7-3-1-4-8-19)26(30)28(36)33-21-9-5-2-6-10-21/h7,11-15,17,21,23-26H,1-6,8-10,16,18H2,(H,32,35)(H,33,36). The number of likely N-dealkylation sites (tertiary alicyclic amines) is 1. The van der Waals surface area contributed by atoms with Crippen LogP contribution in [0.3, 0.4) is 0 Å². The number of fused-ring (bicyclic) bond motifs is 1. The van der Waals surface area contributed by atoms with E-state index in [2.05, 4.69) is 16.7 Å². The van der Waals surface area contributed by atoms with Crippen LogP contribution in [0.5, 0.6) is 0 Å². The predicted molar refractivity (Wildman–Crippen MR) is 145 cm³/mol. The Hall–Kier alpha value is -2.64. The molecular formula is C30H36ClN3O4. The number of anilines is 1. The number of rotatable bonds is 7. The summed E-state index contributed by atoms with van der Waals surface area (Å²) >= 11 is 6.00. The highest BCUT2D eigenvalue weighted by Crippen LogP contribution is 2.55. The van der Waals surface area contributed by atoms with Crippen molar-refractivity contribution in [3.05, 3.63) is 53.1 Å². The Kier molecular flexibility index (Phi) is 7.08. The maximum absolute atomic E-state index is 14.1. The third-order valence-corrected chi connectivity index (χ3v) is 9.30. The monoisotopic (exact) mass is 537 g/mol. The van der Waals surface area contributed by atoms with Crippen molar-refractivity contribution in [3.8, 4) is 0 Å². The Morgan fingerprint density at radius 1 is 1.05 bits per heavy atom. The number of carbonyl (C=O) groups excluding carboxylic acids is 3. The van der Waals surface area contributed by atoms with Crippen LogP contribution in [-0.2, 0) is 19.1 Å². The van der Waals surface area contributed by atoms with Crippen molar-refractivity contribution in [2.45, 2.75) is 88.0 Å². The Labute approximate surface area is 229 Å². The maximum Gasteiger partial charge on any atom is 0.246 e. The second kappa shape index (κ2) is 10.5. The highest BCUT2D eigenvalue weighted by Gasteiger charge is 2.72. The second-order valence-electron chi connectivity index (χ2n) is 11.4. The zero-order chi connectivity index (χ0) is 26.3. The van der Waals surface area contributed by atoms with E-state index in [9.17, 15) is 14.4 Å². The molecule has 2 N–H and O–H groups in total. The predicted octanol–water partition coefficient (Wildman–Crippen LogP) is 4.77. The summed E-state index contributed by atoms with van der Waals surface area (Å²) in [5.41, 5.74) is 0.838. The fraction of sp³-hybridized carbons (Fsp3) is 0.567. The van der Waals surface area contributed by atoms with E-state index in [1.54, 1.807) is 29.2 Å². The summed E-state index contributed by atoms with van der Waals surface area (Å²) in [5, 5.41) is 6.77. The van der Waals surface area contributed by atoms with E-state index < -0.39 is 29.6 Å². The summed E-state index contributed by atoms with van der Waals surface area (Å²) in [6.45, 7) is 0.457. The highest BCUT2D eigenvalue weighted by molar-refractivity contribution is 6.30. The summed E-state index contributed by atoms with van der Waals surface area (Å²) in [4.78, 5) is 43.2. The molecule has 1 aromatic rings. The number of ether oxygens (including phenoxy) is 1. The normalized spacial score (nSPS) is 32.3. The van der Waals surface area contributed by atoms with Crippen molar-refractivity contribution in [1.29, 1.82) is 0 Å². The maximum atomic E-state index is 14.1. The van der Waals surface area contributed by atoms with Gasteiger partial charge < -0.3 is 20.3 Å². The molecule has 3 aliphatic heterocycles. The number of benzene rings is 1. The van der Waals surface area contributed by atoms with Gasteiger partial charge in [0.1, 0.15) is 11.6 Å². The molecule has 5 unspecified atom stereocenters. The lowest BCUT2D eigenvalue weighted by Gasteiger charge is -2.34. The molecule has 5 aliphatic rings. The summed E-state index contributed by atoms with van der Waals surface area (Å²) in [7, 11) is 0. The minimum atomic E-state index is -1.12. The molecule has 3 heterocycles. The molecule has 7 nitrogen and oxygen atoms in total. The average molecular weight is 538 g/mol. The quantitative estimate of drug-likeness (QED) is 0.490. The van der Waals surface area contributed by atoms with Crippen LogP contribution in [0.25, 0.3) is 0 Å².